The zero-order chi connectivity index (χ0) is 19.9. The van der Waals surface area contributed by atoms with Crippen LogP contribution in [0.25, 0.3) is 5.70 Å². The minimum Gasteiger partial charge on any atom is -0.483 e. The predicted molar refractivity (Wildman–Crippen MR) is 103 cm³/mol. The second kappa shape index (κ2) is 9.36. The predicted octanol–water partition coefficient (Wildman–Crippen LogP) is 4.92. The van der Waals surface area contributed by atoms with Crippen molar-refractivity contribution in [2.24, 2.45) is 4.99 Å². The van der Waals surface area contributed by atoms with E-state index in [0.29, 0.717) is 17.2 Å². The Morgan fingerprint density at radius 1 is 1.35 bits per heavy atom. The first-order valence-electron chi connectivity index (χ1n) is 8.65. The lowest BCUT2D eigenvalue weighted by molar-refractivity contribution is 0.0517. The van der Waals surface area contributed by atoms with Gasteiger partial charge in [-0.15, -0.1) is 0 Å². The van der Waals surface area contributed by atoms with Crippen LogP contribution in [-0.2, 0) is 9.47 Å². The molecule has 1 N–H and O–H groups in total. The molecule has 0 radical (unpaired) electrons. The highest BCUT2D eigenvalue weighted by atomic mass is 19.1. The van der Waals surface area contributed by atoms with Gasteiger partial charge < -0.3 is 14.8 Å². The lowest BCUT2D eigenvalue weighted by atomic mass is 10.1. The number of methoxy groups -OCH3 is 1. The van der Waals surface area contributed by atoms with Gasteiger partial charge in [0.2, 0.25) is 5.90 Å². The smallest absolute Gasteiger partial charge is 0.408 e. The molecule has 0 aromatic heterocycles. The van der Waals surface area contributed by atoms with Crippen molar-refractivity contribution in [1.29, 1.82) is 0 Å². The molecule has 0 aliphatic rings. The maximum absolute atomic E-state index is 13.6. The van der Waals surface area contributed by atoms with Gasteiger partial charge in [0.05, 0.1) is 12.8 Å². The number of nitrogens with zero attached hydrogens (tertiary/aromatic N) is 1. The minimum absolute atomic E-state index is 0.308. The Labute approximate surface area is 155 Å². The topological polar surface area (TPSA) is 59.9 Å². The average Bonchev–Trinajstić information content (AvgIpc) is 2.53. The molecule has 0 aliphatic heterocycles. The number of allylic oxidation sites excluding steroid dienone is 1. The third-order valence-electron chi connectivity index (χ3n) is 3.57. The summed E-state index contributed by atoms with van der Waals surface area (Å²) in [7, 11) is 1.48. The Kier molecular flexibility index (Phi) is 7.80. The summed E-state index contributed by atoms with van der Waals surface area (Å²) in [5, 5.41) is 2.70. The number of halogens is 1. The fourth-order valence-corrected chi connectivity index (χ4v) is 2.19. The van der Waals surface area contributed by atoms with Crippen molar-refractivity contribution in [2.45, 2.75) is 59.6 Å². The zero-order valence-corrected chi connectivity index (χ0v) is 16.6. The summed E-state index contributed by atoms with van der Waals surface area (Å²) in [5.74, 6) is -0.0269. The van der Waals surface area contributed by atoms with Crippen LogP contribution < -0.4 is 5.32 Å². The van der Waals surface area contributed by atoms with Gasteiger partial charge in [-0.3, -0.25) is 0 Å². The highest BCUT2D eigenvalue weighted by Crippen LogP contribution is 2.23. The number of aliphatic imine (C=N–C) groups is 1. The molecular formula is C20H29FN2O3. The summed E-state index contributed by atoms with van der Waals surface area (Å²) in [6.45, 7) is 11.0. The van der Waals surface area contributed by atoms with Crippen molar-refractivity contribution in [3.05, 3.63) is 41.2 Å². The summed E-state index contributed by atoms with van der Waals surface area (Å²) in [6, 6.07) is 5.73. The Morgan fingerprint density at radius 3 is 2.50 bits per heavy atom. The van der Waals surface area contributed by atoms with Crippen LogP contribution in [0.1, 0.15) is 53.5 Å². The van der Waals surface area contributed by atoms with E-state index in [0.717, 1.165) is 12.0 Å². The van der Waals surface area contributed by atoms with Gasteiger partial charge in [-0.25, -0.2) is 14.2 Å². The highest BCUT2D eigenvalue weighted by molar-refractivity contribution is 5.90. The van der Waals surface area contributed by atoms with Gasteiger partial charge in [-0.2, -0.15) is 0 Å². The SMILES string of the molecule is CCC(C)=C(N=C(OC)C(C)NC(=O)OC(C)(C)C)c1cccc(F)c1. The molecule has 0 saturated heterocycles. The number of hydrogen-bond donors (Lipinski definition) is 1. The van der Waals surface area contributed by atoms with E-state index >= 15 is 0 Å². The first-order valence-corrected chi connectivity index (χ1v) is 8.65. The summed E-state index contributed by atoms with van der Waals surface area (Å²) < 4.78 is 24.3. The molecule has 0 fully saturated rings. The summed E-state index contributed by atoms with van der Waals surface area (Å²) in [6.07, 6.45) is 0.193. The van der Waals surface area contributed by atoms with Crippen LogP contribution in [0.4, 0.5) is 9.18 Å². The molecular weight excluding hydrogens is 335 g/mol. The van der Waals surface area contributed by atoms with Crippen LogP contribution in [0, 0.1) is 5.82 Å². The Balaban J connectivity index is 3.14. The van der Waals surface area contributed by atoms with Crippen molar-refractivity contribution in [3.8, 4) is 0 Å². The first kappa shape index (κ1) is 21.7. The van der Waals surface area contributed by atoms with Gasteiger partial charge in [-0.1, -0.05) is 19.1 Å². The number of ether oxygens (including phenoxy) is 2. The van der Waals surface area contributed by atoms with Gasteiger partial charge in [-0.05, 0) is 58.7 Å². The second-order valence-corrected chi connectivity index (χ2v) is 7.01. The van der Waals surface area contributed by atoms with E-state index in [1.807, 2.05) is 13.8 Å². The van der Waals surface area contributed by atoms with Gasteiger partial charge in [0, 0.05) is 5.56 Å². The quantitative estimate of drug-likeness (QED) is 0.595. The summed E-state index contributed by atoms with van der Waals surface area (Å²) in [4.78, 5) is 16.5. The Hall–Kier alpha value is -2.37. The van der Waals surface area contributed by atoms with Crippen LogP contribution in [0.15, 0.2) is 34.8 Å². The molecule has 5 nitrogen and oxygen atoms in total. The number of hydrogen-bond acceptors (Lipinski definition) is 4. The molecule has 1 amide bonds. The summed E-state index contributed by atoms with van der Waals surface area (Å²) in [5.41, 5.74) is 1.67. The van der Waals surface area contributed by atoms with Gasteiger partial charge >= 0.3 is 6.09 Å². The molecule has 0 aliphatic carbocycles. The van der Waals surface area contributed by atoms with E-state index in [4.69, 9.17) is 9.47 Å². The molecule has 0 heterocycles. The fraction of sp³-hybridized carbons (Fsp3) is 0.500. The standard InChI is InChI=1S/C20H29FN2O3/c1-8-13(2)17(15-10-9-11-16(21)12-15)23-18(25-7)14(3)22-19(24)26-20(4,5)6/h9-12,14H,8H2,1-7H3,(H,22,24). The number of rotatable bonds is 5. The van der Waals surface area contributed by atoms with E-state index in [2.05, 4.69) is 10.3 Å². The van der Waals surface area contributed by atoms with E-state index < -0.39 is 17.7 Å². The van der Waals surface area contributed by atoms with Crippen molar-refractivity contribution >= 4 is 17.7 Å². The maximum atomic E-state index is 13.6. The van der Waals surface area contributed by atoms with E-state index in [9.17, 15) is 9.18 Å². The maximum Gasteiger partial charge on any atom is 0.408 e. The van der Waals surface area contributed by atoms with Crippen LogP contribution in [0.5, 0.6) is 0 Å². The lowest BCUT2D eigenvalue weighted by Gasteiger charge is -2.22. The lowest BCUT2D eigenvalue weighted by Crippen LogP contribution is -2.42. The average molecular weight is 364 g/mol. The third-order valence-corrected chi connectivity index (χ3v) is 3.57. The van der Waals surface area contributed by atoms with Gasteiger partial charge in [0.1, 0.15) is 17.5 Å². The highest BCUT2D eigenvalue weighted by Gasteiger charge is 2.21. The van der Waals surface area contributed by atoms with E-state index in [-0.39, 0.29) is 5.82 Å². The van der Waals surface area contributed by atoms with Crippen molar-refractivity contribution in [3.63, 3.8) is 0 Å². The molecule has 144 valence electrons. The normalized spacial score (nSPS) is 14.4. The molecule has 1 aromatic rings. The fourth-order valence-electron chi connectivity index (χ4n) is 2.19. The zero-order valence-electron chi connectivity index (χ0n) is 16.6. The van der Waals surface area contributed by atoms with Crippen molar-refractivity contribution < 1.29 is 18.7 Å². The van der Waals surface area contributed by atoms with Gasteiger partial charge in [0.25, 0.3) is 0 Å². The number of carbonyl (C=O) groups is 1. The molecule has 0 saturated carbocycles. The molecule has 0 spiro atoms. The number of benzene rings is 1. The van der Waals surface area contributed by atoms with Crippen LogP contribution in [0.3, 0.4) is 0 Å². The van der Waals surface area contributed by atoms with Crippen molar-refractivity contribution in [1.82, 2.24) is 5.32 Å². The third kappa shape index (κ3) is 6.86. The molecule has 1 atom stereocenters. The minimum atomic E-state index is -0.598. The number of alkyl carbamates (subject to hydrolysis) is 1. The Bertz CT molecular complexity index is 691. The molecule has 0 bridgehead atoms. The van der Waals surface area contributed by atoms with Gasteiger partial charge in [0.15, 0.2) is 0 Å². The monoisotopic (exact) mass is 364 g/mol. The molecule has 1 unspecified atom stereocenters. The molecule has 1 aromatic carbocycles. The van der Waals surface area contributed by atoms with Crippen molar-refractivity contribution in [2.75, 3.05) is 7.11 Å². The number of carbonyl (C=O) groups excluding carboxylic acids is 1. The summed E-state index contributed by atoms with van der Waals surface area (Å²) >= 11 is 0. The van der Waals surface area contributed by atoms with Crippen LogP contribution in [-0.4, -0.2) is 30.7 Å². The molecule has 1 rings (SSSR count). The molecule has 26 heavy (non-hydrogen) atoms. The molecule has 6 heteroatoms. The van der Waals surface area contributed by atoms with Crippen LogP contribution in [0.2, 0.25) is 0 Å². The first-order chi connectivity index (χ1) is 12.1. The van der Waals surface area contributed by atoms with E-state index in [1.165, 1.54) is 19.2 Å². The number of amides is 1. The van der Waals surface area contributed by atoms with E-state index in [1.54, 1.807) is 39.8 Å². The largest absolute Gasteiger partial charge is 0.483 e. The second-order valence-electron chi connectivity index (χ2n) is 7.01. The Morgan fingerprint density at radius 2 is 2.00 bits per heavy atom. The van der Waals surface area contributed by atoms with Crippen LogP contribution >= 0.6 is 0 Å². The number of nitrogens with one attached hydrogen (secondary N) is 1.